The van der Waals surface area contributed by atoms with Crippen LogP contribution in [0.25, 0.3) is 5.57 Å². The molecule has 0 saturated heterocycles. The van der Waals surface area contributed by atoms with E-state index in [4.69, 9.17) is 9.47 Å². The molecule has 32 heavy (non-hydrogen) atoms. The van der Waals surface area contributed by atoms with Crippen molar-refractivity contribution in [2.45, 2.75) is 20.0 Å². The predicted octanol–water partition coefficient (Wildman–Crippen LogP) is 4.88. The van der Waals surface area contributed by atoms with E-state index in [1.54, 1.807) is 24.3 Å². The third-order valence-electron chi connectivity index (χ3n) is 4.97. The Morgan fingerprint density at radius 2 is 1.47 bits per heavy atom. The molecule has 3 aromatic rings. The van der Waals surface area contributed by atoms with E-state index < -0.39 is 11.8 Å². The van der Waals surface area contributed by atoms with Gasteiger partial charge in [0.15, 0.2) is 0 Å². The van der Waals surface area contributed by atoms with E-state index in [0.717, 1.165) is 10.6 Å². The van der Waals surface area contributed by atoms with Crippen LogP contribution in [0.15, 0.2) is 84.6 Å². The van der Waals surface area contributed by atoms with Crippen molar-refractivity contribution in [1.29, 1.82) is 0 Å². The molecule has 3 aromatic carbocycles. The van der Waals surface area contributed by atoms with Crippen LogP contribution in [0.4, 0.5) is 11.4 Å². The van der Waals surface area contributed by atoms with Crippen molar-refractivity contribution < 1.29 is 19.1 Å². The van der Waals surface area contributed by atoms with Crippen LogP contribution in [0.3, 0.4) is 0 Å². The Hall–Kier alpha value is -4.06. The van der Waals surface area contributed by atoms with Gasteiger partial charge in [-0.05, 0) is 55.8 Å². The number of methoxy groups -OCH3 is 1. The Labute approximate surface area is 187 Å². The molecule has 0 bridgehead atoms. The molecule has 6 heteroatoms. The van der Waals surface area contributed by atoms with Crippen LogP contribution in [-0.2, 0) is 9.59 Å². The SMILES string of the molecule is COc1ccccc1N1C(=O)C(Nc2ccc(OC(C)C)cc2)=C(c2ccccc2)C1=O. The van der Waals surface area contributed by atoms with Crippen molar-refractivity contribution in [3.8, 4) is 11.5 Å². The zero-order valence-corrected chi connectivity index (χ0v) is 18.2. The van der Waals surface area contributed by atoms with Gasteiger partial charge < -0.3 is 14.8 Å². The molecule has 0 aromatic heterocycles. The highest BCUT2D eigenvalue weighted by molar-refractivity contribution is 6.46. The summed E-state index contributed by atoms with van der Waals surface area (Å²) in [6.07, 6.45) is 0.0599. The maximum atomic E-state index is 13.5. The van der Waals surface area contributed by atoms with Gasteiger partial charge in [-0.2, -0.15) is 0 Å². The Kier molecular flexibility index (Phi) is 5.94. The zero-order valence-electron chi connectivity index (χ0n) is 18.2. The number of benzene rings is 3. The number of imide groups is 1. The average Bonchev–Trinajstić information content (AvgIpc) is 3.04. The fourth-order valence-corrected chi connectivity index (χ4v) is 3.58. The molecule has 0 spiro atoms. The molecule has 0 saturated carbocycles. The molecule has 0 radical (unpaired) electrons. The Morgan fingerprint density at radius 3 is 2.12 bits per heavy atom. The van der Waals surface area contributed by atoms with Crippen LogP contribution in [-0.4, -0.2) is 25.0 Å². The van der Waals surface area contributed by atoms with Crippen LogP contribution >= 0.6 is 0 Å². The summed E-state index contributed by atoms with van der Waals surface area (Å²) in [4.78, 5) is 28.1. The Morgan fingerprint density at radius 1 is 0.812 bits per heavy atom. The highest BCUT2D eigenvalue weighted by Gasteiger charge is 2.41. The van der Waals surface area contributed by atoms with E-state index >= 15 is 0 Å². The molecule has 0 aliphatic carbocycles. The number of nitrogens with zero attached hydrogens (tertiary/aromatic N) is 1. The molecule has 1 aliphatic heterocycles. The number of carbonyl (C=O) groups is 2. The first-order valence-electron chi connectivity index (χ1n) is 10.3. The summed E-state index contributed by atoms with van der Waals surface area (Å²) in [7, 11) is 1.51. The van der Waals surface area contributed by atoms with E-state index in [1.807, 2.05) is 68.4 Å². The van der Waals surface area contributed by atoms with Gasteiger partial charge in [0.05, 0.1) is 24.5 Å². The second-order valence-corrected chi connectivity index (χ2v) is 7.55. The van der Waals surface area contributed by atoms with E-state index in [1.165, 1.54) is 7.11 Å². The van der Waals surface area contributed by atoms with Gasteiger partial charge in [-0.1, -0.05) is 42.5 Å². The number of hydrogen-bond donors (Lipinski definition) is 1. The molecule has 1 aliphatic rings. The van der Waals surface area contributed by atoms with Crippen LogP contribution in [0.1, 0.15) is 19.4 Å². The van der Waals surface area contributed by atoms with Crippen LogP contribution < -0.4 is 19.7 Å². The lowest BCUT2D eigenvalue weighted by Crippen LogP contribution is -2.32. The summed E-state index contributed by atoms with van der Waals surface area (Å²) in [5.74, 6) is 0.319. The van der Waals surface area contributed by atoms with Crippen LogP contribution in [0.5, 0.6) is 11.5 Å². The minimum atomic E-state index is -0.444. The van der Waals surface area contributed by atoms with Crippen LogP contribution in [0, 0.1) is 0 Å². The average molecular weight is 428 g/mol. The molecular formula is C26H24N2O4. The summed E-state index contributed by atoms with van der Waals surface area (Å²) in [6, 6.07) is 23.4. The Balaban J connectivity index is 1.75. The number of hydrogen-bond acceptors (Lipinski definition) is 5. The van der Waals surface area contributed by atoms with Gasteiger partial charge >= 0.3 is 0 Å². The third-order valence-corrected chi connectivity index (χ3v) is 4.97. The lowest BCUT2D eigenvalue weighted by Gasteiger charge is -2.18. The van der Waals surface area contributed by atoms with Gasteiger partial charge in [-0.3, -0.25) is 9.59 Å². The number of ether oxygens (including phenoxy) is 2. The number of carbonyl (C=O) groups excluding carboxylic acids is 2. The normalized spacial score (nSPS) is 13.7. The monoisotopic (exact) mass is 428 g/mol. The number of rotatable bonds is 7. The molecular weight excluding hydrogens is 404 g/mol. The summed E-state index contributed by atoms with van der Waals surface area (Å²) in [5.41, 5.74) is 2.25. The maximum Gasteiger partial charge on any atom is 0.282 e. The predicted molar refractivity (Wildman–Crippen MR) is 125 cm³/mol. The molecule has 0 fully saturated rings. The van der Waals surface area contributed by atoms with Crippen molar-refractivity contribution in [3.05, 3.63) is 90.1 Å². The highest BCUT2D eigenvalue weighted by atomic mass is 16.5. The van der Waals surface area contributed by atoms with E-state index in [0.29, 0.717) is 28.3 Å². The largest absolute Gasteiger partial charge is 0.495 e. The topological polar surface area (TPSA) is 67.9 Å². The molecule has 2 amide bonds. The number of amides is 2. The molecule has 0 atom stereocenters. The molecule has 0 unspecified atom stereocenters. The minimum absolute atomic E-state index is 0.0599. The van der Waals surface area contributed by atoms with Crippen molar-refractivity contribution in [3.63, 3.8) is 0 Å². The van der Waals surface area contributed by atoms with Gasteiger partial charge in [-0.15, -0.1) is 0 Å². The summed E-state index contributed by atoms with van der Waals surface area (Å²) >= 11 is 0. The minimum Gasteiger partial charge on any atom is -0.495 e. The summed E-state index contributed by atoms with van der Waals surface area (Å²) in [5, 5.41) is 3.16. The molecule has 4 rings (SSSR count). The second-order valence-electron chi connectivity index (χ2n) is 7.55. The second kappa shape index (κ2) is 8.98. The summed E-state index contributed by atoms with van der Waals surface area (Å²) < 4.78 is 11.1. The molecule has 162 valence electrons. The molecule has 1 heterocycles. The standard InChI is InChI=1S/C26H24N2O4/c1-17(2)32-20-15-13-19(14-16-20)27-24-23(18-9-5-4-6-10-18)25(29)28(26(24)30)21-11-7-8-12-22(21)31-3/h4-17,27H,1-3H3. The summed E-state index contributed by atoms with van der Waals surface area (Å²) in [6.45, 7) is 3.91. The van der Waals surface area contributed by atoms with Gasteiger partial charge in [-0.25, -0.2) is 4.90 Å². The number of anilines is 2. The molecule has 6 nitrogen and oxygen atoms in total. The smallest absolute Gasteiger partial charge is 0.282 e. The lowest BCUT2D eigenvalue weighted by atomic mass is 10.0. The first-order valence-corrected chi connectivity index (χ1v) is 10.3. The van der Waals surface area contributed by atoms with E-state index in [9.17, 15) is 9.59 Å². The van der Waals surface area contributed by atoms with Crippen molar-refractivity contribution in [1.82, 2.24) is 0 Å². The van der Waals surface area contributed by atoms with E-state index in [-0.39, 0.29) is 11.8 Å². The first-order chi connectivity index (χ1) is 15.5. The van der Waals surface area contributed by atoms with Crippen molar-refractivity contribution in [2.75, 3.05) is 17.3 Å². The fraction of sp³-hybridized carbons (Fsp3) is 0.154. The van der Waals surface area contributed by atoms with E-state index in [2.05, 4.69) is 5.32 Å². The Bertz CT molecular complexity index is 1170. The lowest BCUT2D eigenvalue weighted by molar-refractivity contribution is -0.120. The highest BCUT2D eigenvalue weighted by Crippen LogP contribution is 2.37. The van der Waals surface area contributed by atoms with Crippen molar-refractivity contribution in [2.24, 2.45) is 0 Å². The van der Waals surface area contributed by atoms with Crippen molar-refractivity contribution >= 4 is 28.8 Å². The van der Waals surface area contributed by atoms with Gasteiger partial charge in [0.1, 0.15) is 17.2 Å². The number of nitrogens with one attached hydrogen (secondary N) is 1. The van der Waals surface area contributed by atoms with Gasteiger partial charge in [0.25, 0.3) is 11.8 Å². The fourth-order valence-electron chi connectivity index (χ4n) is 3.58. The quantitative estimate of drug-likeness (QED) is 0.544. The maximum absolute atomic E-state index is 13.5. The molecule has 1 N–H and O–H groups in total. The third kappa shape index (κ3) is 4.07. The van der Waals surface area contributed by atoms with Gasteiger partial charge in [0.2, 0.25) is 0 Å². The zero-order chi connectivity index (χ0) is 22.7. The first kappa shape index (κ1) is 21.2. The van der Waals surface area contributed by atoms with Gasteiger partial charge in [0, 0.05) is 5.69 Å². The number of para-hydroxylation sites is 2. The van der Waals surface area contributed by atoms with Crippen LogP contribution in [0.2, 0.25) is 0 Å².